The highest BCUT2D eigenvalue weighted by Crippen LogP contribution is 2.55. The Morgan fingerprint density at radius 1 is 0.844 bits per heavy atom. The molecule has 242 valence electrons. The molecule has 0 aromatic heterocycles. The van der Waals surface area contributed by atoms with E-state index in [0.717, 1.165) is 36.4 Å². The lowest BCUT2D eigenvalue weighted by molar-refractivity contribution is -0.348. The number of hydrogen-bond acceptors (Lipinski definition) is 5. The summed E-state index contributed by atoms with van der Waals surface area (Å²) < 4.78 is 173. The molecule has 1 heterocycles. The number of halogens is 13. The molecule has 1 aliphatic heterocycles. The SMILES string of the molecule is O=C(Nc1cccc(C(=O)Nc2c(Br)cc(C(F)(C(F)(F)F)C(F)(F)F)cc2OC(F)F)c1F)c1ccc2c(c1)OC(F)(F)O2. The Morgan fingerprint density at radius 2 is 1.47 bits per heavy atom. The van der Waals surface area contributed by atoms with Crippen LogP contribution in [0.3, 0.4) is 0 Å². The highest BCUT2D eigenvalue weighted by Gasteiger charge is 2.73. The first kappa shape index (κ1) is 33.5. The van der Waals surface area contributed by atoms with Crippen molar-refractivity contribution in [2.45, 2.75) is 30.9 Å². The molecule has 3 aromatic carbocycles. The molecule has 0 radical (unpaired) electrons. The average molecular weight is 727 g/mol. The van der Waals surface area contributed by atoms with Crippen LogP contribution in [0.15, 0.2) is 53.0 Å². The van der Waals surface area contributed by atoms with Crippen LogP contribution >= 0.6 is 15.9 Å². The van der Waals surface area contributed by atoms with Gasteiger partial charge in [-0.15, -0.1) is 8.78 Å². The Balaban J connectivity index is 1.65. The second kappa shape index (κ2) is 11.5. The van der Waals surface area contributed by atoms with Crippen molar-refractivity contribution in [2.75, 3.05) is 10.6 Å². The van der Waals surface area contributed by atoms with Gasteiger partial charge in [-0.05, 0) is 58.4 Å². The van der Waals surface area contributed by atoms with Crippen LogP contribution in [0.1, 0.15) is 26.3 Å². The van der Waals surface area contributed by atoms with E-state index in [2.05, 4.69) is 30.1 Å². The molecule has 0 spiro atoms. The summed E-state index contributed by atoms with van der Waals surface area (Å²) in [5, 5.41) is 3.80. The van der Waals surface area contributed by atoms with E-state index in [4.69, 9.17) is 0 Å². The van der Waals surface area contributed by atoms with Crippen molar-refractivity contribution in [3.8, 4) is 17.2 Å². The summed E-state index contributed by atoms with van der Waals surface area (Å²) >= 11 is 2.48. The monoisotopic (exact) mass is 726 g/mol. The number of carbonyl (C=O) groups excluding carboxylic acids is 2. The Kier molecular flexibility index (Phi) is 8.59. The lowest BCUT2D eigenvalue weighted by Gasteiger charge is -2.31. The van der Waals surface area contributed by atoms with E-state index in [9.17, 15) is 57.9 Å². The zero-order valence-electron chi connectivity index (χ0n) is 21.2. The van der Waals surface area contributed by atoms with Crippen molar-refractivity contribution < 1.29 is 76.5 Å². The topological polar surface area (TPSA) is 85.9 Å². The molecule has 0 saturated heterocycles. The number of ether oxygens (including phenoxy) is 3. The van der Waals surface area contributed by atoms with E-state index in [1.807, 2.05) is 5.32 Å². The molecular formula is C25H11BrF12N2O5. The first-order valence-electron chi connectivity index (χ1n) is 11.6. The minimum absolute atomic E-state index is 0.108. The van der Waals surface area contributed by atoms with E-state index >= 15 is 4.39 Å². The molecular weight excluding hydrogens is 716 g/mol. The summed E-state index contributed by atoms with van der Waals surface area (Å²) in [4.78, 5) is 25.5. The first-order chi connectivity index (χ1) is 20.6. The van der Waals surface area contributed by atoms with E-state index in [1.165, 1.54) is 0 Å². The third-order valence-corrected chi connectivity index (χ3v) is 6.47. The van der Waals surface area contributed by atoms with E-state index in [1.54, 1.807) is 5.32 Å². The van der Waals surface area contributed by atoms with Crippen molar-refractivity contribution in [2.24, 2.45) is 0 Å². The van der Waals surface area contributed by atoms with Crippen molar-refractivity contribution in [3.05, 3.63) is 75.5 Å². The maximum atomic E-state index is 15.2. The van der Waals surface area contributed by atoms with Gasteiger partial charge in [-0.25, -0.2) is 8.78 Å². The zero-order chi connectivity index (χ0) is 33.7. The number of nitrogens with one attached hydrogen (secondary N) is 2. The van der Waals surface area contributed by atoms with Crippen LogP contribution < -0.4 is 24.8 Å². The number of benzene rings is 3. The van der Waals surface area contributed by atoms with Gasteiger partial charge in [0.05, 0.1) is 16.9 Å². The van der Waals surface area contributed by atoms with Gasteiger partial charge < -0.3 is 24.8 Å². The molecule has 45 heavy (non-hydrogen) atoms. The fourth-order valence-electron chi connectivity index (χ4n) is 3.85. The molecule has 2 N–H and O–H groups in total. The Hall–Kier alpha value is -4.36. The molecule has 20 heteroatoms. The van der Waals surface area contributed by atoms with Crippen LogP contribution in [0.5, 0.6) is 17.2 Å². The number of amides is 2. The highest BCUT2D eigenvalue weighted by atomic mass is 79.9. The van der Waals surface area contributed by atoms with Gasteiger partial charge >= 0.3 is 30.9 Å². The van der Waals surface area contributed by atoms with Gasteiger partial charge in [0.1, 0.15) is 0 Å². The minimum Gasteiger partial charge on any atom is -0.433 e. The van der Waals surface area contributed by atoms with Crippen LogP contribution in [0.2, 0.25) is 0 Å². The second-order valence-corrected chi connectivity index (χ2v) is 9.62. The number of carbonyl (C=O) groups is 2. The molecule has 0 atom stereocenters. The summed E-state index contributed by atoms with van der Waals surface area (Å²) in [6, 6.07) is 4.99. The fraction of sp³-hybridized carbons (Fsp3) is 0.200. The van der Waals surface area contributed by atoms with Crippen LogP contribution in [0, 0.1) is 5.82 Å². The molecule has 0 bridgehead atoms. The Bertz CT molecular complexity index is 1650. The predicted molar refractivity (Wildman–Crippen MR) is 131 cm³/mol. The van der Waals surface area contributed by atoms with Crippen molar-refractivity contribution >= 4 is 39.1 Å². The zero-order valence-corrected chi connectivity index (χ0v) is 22.7. The van der Waals surface area contributed by atoms with Crippen molar-refractivity contribution in [1.29, 1.82) is 0 Å². The standard InChI is InChI=1S/C25H11BrF12N2O5/c26-12-7-10(22(30,23(31,32)33)24(34,35)36)8-16(43-21(28)29)18(12)40-20(42)11-2-1-3-13(17(11)27)39-19(41)9-4-5-14-15(6-9)45-25(37,38)44-14/h1-8,21H,(H,39,41)(H,40,42). The molecule has 2 amide bonds. The molecule has 0 unspecified atom stereocenters. The summed E-state index contributed by atoms with van der Waals surface area (Å²) in [5.41, 5.74) is -11.4. The van der Waals surface area contributed by atoms with Gasteiger partial charge in [-0.1, -0.05) is 6.07 Å². The molecule has 0 saturated carbocycles. The molecule has 4 rings (SSSR count). The maximum absolute atomic E-state index is 15.2. The summed E-state index contributed by atoms with van der Waals surface area (Å²) in [6.45, 7) is -3.91. The van der Waals surface area contributed by atoms with Crippen LogP contribution in [0.25, 0.3) is 0 Å². The van der Waals surface area contributed by atoms with Gasteiger partial charge in [0.15, 0.2) is 23.1 Å². The maximum Gasteiger partial charge on any atom is 0.586 e. The van der Waals surface area contributed by atoms with E-state index in [-0.39, 0.29) is 17.7 Å². The number of rotatable bonds is 7. The lowest BCUT2D eigenvalue weighted by Crippen LogP contribution is -2.50. The molecule has 7 nitrogen and oxygen atoms in total. The number of anilines is 2. The third-order valence-electron chi connectivity index (χ3n) is 5.84. The summed E-state index contributed by atoms with van der Waals surface area (Å²) in [6.07, 6.45) is -17.3. The average Bonchev–Trinajstić information content (AvgIpc) is 3.22. The van der Waals surface area contributed by atoms with Crippen molar-refractivity contribution in [1.82, 2.24) is 0 Å². The molecule has 3 aromatic rings. The van der Waals surface area contributed by atoms with Gasteiger partial charge in [0.25, 0.3) is 11.8 Å². The fourth-order valence-corrected chi connectivity index (χ4v) is 4.39. The largest absolute Gasteiger partial charge is 0.586 e. The quantitative estimate of drug-likeness (QED) is 0.240. The minimum atomic E-state index is -6.63. The summed E-state index contributed by atoms with van der Waals surface area (Å²) in [7, 11) is 0. The molecule has 0 fully saturated rings. The first-order valence-corrected chi connectivity index (χ1v) is 12.4. The number of alkyl halides is 11. The van der Waals surface area contributed by atoms with Gasteiger partial charge in [0, 0.05) is 15.6 Å². The summed E-state index contributed by atoms with van der Waals surface area (Å²) in [5.74, 6) is -6.67. The van der Waals surface area contributed by atoms with Crippen molar-refractivity contribution in [3.63, 3.8) is 0 Å². The molecule has 0 aliphatic carbocycles. The third kappa shape index (κ3) is 6.54. The van der Waals surface area contributed by atoms with Crippen LogP contribution in [-0.4, -0.2) is 37.1 Å². The van der Waals surface area contributed by atoms with Crippen LogP contribution in [0.4, 0.5) is 64.1 Å². The van der Waals surface area contributed by atoms with E-state index < -0.39 is 92.8 Å². The Labute approximate surface area is 250 Å². The molecule has 1 aliphatic rings. The van der Waals surface area contributed by atoms with Crippen LogP contribution in [-0.2, 0) is 5.67 Å². The van der Waals surface area contributed by atoms with Gasteiger partial charge in [-0.3, -0.25) is 9.59 Å². The Morgan fingerprint density at radius 3 is 2.07 bits per heavy atom. The highest BCUT2D eigenvalue weighted by molar-refractivity contribution is 9.10. The van der Waals surface area contributed by atoms with Gasteiger partial charge in [0.2, 0.25) is 0 Å². The lowest BCUT2D eigenvalue weighted by atomic mass is 9.93. The second-order valence-electron chi connectivity index (χ2n) is 8.77. The predicted octanol–water partition coefficient (Wildman–Crippen LogP) is 8.31. The smallest absolute Gasteiger partial charge is 0.433 e. The number of hydrogen-bond donors (Lipinski definition) is 2. The van der Waals surface area contributed by atoms with Gasteiger partial charge in [-0.2, -0.15) is 35.1 Å². The van der Waals surface area contributed by atoms with E-state index in [0.29, 0.717) is 0 Å². The normalized spacial score (nSPS) is 14.4. The number of fused-ring (bicyclic) bond motifs is 1.